The number of carbonyl (C=O) groups excluding carboxylic acids is 2. The third-order valence-electron chi connectivity index (χ3n) is 4.34. The highest BCUT2D eigenvalue weighted by molar-refractivity contribution is 5.76. The number of carbonyl (C=O) groups is 2. The standard InChI is InChI=1S/C19H34O4/c1-17(2,3)14-18(4,5)16(21)22-13-10-15(20)23-19(6)11-8-7-9-12-19/h7-14H2,1-6H3. The van der Waals surface area contributed by atoms with Crippen LogP contribution >= 0.6 is 0 Å². The minimum Gasteiger partial charge on any atom is -0.465 e. The van der Waals surface area contributed by atoms with E-state index in [-0.39, 0.29) is 36.0 Å². The smallest absolute Gasteiger partial charge is 0.311 e. The van der Waals surface area contributed by atoms with Crippen LogP contribution in [0.4, 0.5) is 0 Å². The maximum Gasteiger partial charge on any atom is 0.311 e. The molecular formula is C19H34O4. The SMILES string of the molecule is CC(C)(C)CC(C)(C)C(=O)OCCC(=O)OC1(C)CCCCC1. The summed E-state index contributed by atoms with van der Waals surface area (Å²) in [6.07, 6.45) is 6.16. The molecule has 4 nitrogen and oxygen atoms in total. The van der Waals surface area contributed by atoms with Crippen LogP contribution in [-0.4, -0.2) is 24.1 Å². The summed E-state index contributed by atoms with van der Waals surface area (Å²) in [7, 11) is 0. The zero-order valence-corrected chi connectivity index (χ0v) is 15.8. The summed E-state index contributed by atoms with van der Waals surface area (Å²) in [5, 5.41) is 0. The first-order valence-electron chi connectivity index (χ1n) is 8.83. The predicted molar refractivity (Wildman–Crippen MR) is 91.0 cm³/mol. The van der Waals surface area contributed by atoms with Crippen molar-refractivity contribution in [3.8, 4) is 0 Å². The van der Waals surface area contributed by atoms with E-state index in [1.54, 1.807) is 0 Å². The molecule has 1 saturated carbocycles. The van der Waals surface area contributed by atoms with Crippen LogP contribution in [0.3, 0.4) is 0 Å². The second kappa shape index (κ2) is 7.67. The van der Waals surface area contributed by atoms with Crippen molar-refractivity contribution in [3.05, 3.63) is 0 Å². The van der Waals surface area contributed by atoms with Crippen LogP contribution in [0, 0.1) is 10.8 Å². The van der Waals surface area contributed by atoms with Gasteiger partial charge in [0.25, 0.3) is 0 Å². The molecule has 0 N–H and O–H groups in total. The van der Waals surface area contributed by atoms with E-state index in [9.17, 15) is 9.59 Å². The van der Waals surface area contributed by atoms with Gasteiger partial charge in [0.2, 0.25) is 0 Å². The van der Waals surface area contributed by atoms with Gasteiger partial charge in [0, 0.05) is 0 Å². The maximum absolute atomic E-state index is 12.2. The molecule has 0 saturated heterocycles. The molecule has 1 aliphatic rings. The van der Waals surface area contributed by atoms with E-state index in [4.69, 9.17) is 9.47 Å². The van der Waals surface area contributed by atoms with Gasteiger partial charge in [0.05, 0.1) is 11.8 Å². The molecule has 0 heterocycles. The topological polar surface area (TPSA) is 52.6 Å². The Morgan fingerprint density at radius 3 is 2.09 bits per heavy atom. The van der Waals surface area contributed by atoms with Crippen LogP contribution in [0.2, 0.25) is 0 Å². The van der Waals surface area contributed by atoms with E-state index < -0.39 is 5.41 Å². The Hall–Kier alpha value is -1.06. The molecule has 0 bridgehead atoms. The largest absolute Gasteiger partial charge is 0.465 e. The van der Waals surface area contributed by atoms with E-state index in [2.05, 4.69) is 20.8 Å². The van der Waals surface area contributed by atoms with Crippen molar-refractivity contribution in [2.45, 2.75) is 92.1 Å². The average Bonchev–Trinajstić information content (AvgIpc) is 2.35. The van der Waals surface area contributed by atoms with E-state index in [1.807, 2.05) is 20.8 Å². The first kappa shape index (κ1) is 20.0. The van der Waals surface area contributed by atoms with Crippen LogP contribution in [0.1, 0.15) is 86.5 Å². The highest BCUT2D eigenvalue weighted by atomic mass is 16.6. The number of ether oxygens (including phenoxy) is 2. The summed E-state index contributed by atoms with van der Waals surface area (Å²) < 4.78 is 10.9. The van der Waals surface area contributed by atoms with E-state index in [0.29, 0.717) is 0 Å². The number of hydrogen-bond donors (Lipinski definition) is 0. The average molecular weight is 326 g/mol. The van der Waals surface area contributed by atoms with Gasteiger partial charge in [-0.25, -0.2) is 0 Å². The Labute approximate surface area is 141 Å². The summed E-state index contributed by atoms with van der Waals surface area (Å²) in [5.41, 5.74) is -0.820. The minimum atomic E-state index is -0.544. The van der Waals surface area contributed by atoms with Crippen molar-refractivity contribution in [1.82, 2.24) is 0 Å². The normalized spacial score (nSPS) is 18.3. The summed E-state index contributed by atoms with van der Waals surface area (Å²) in [6.45, 7) is 12.2. The zero-order valence-electron chi connectivity index (χ0n) is 15.8. The molecule has 0 radical (unpaired) electrons. The molecule has 0 atom stereocenters. The third-order valence-corrected chi connectivity index (χ3v) is 4.34. The van der Waals surface area contributed by atoms with Gasteiger partial charge in [0.1, 0.15) is 12.2 Å². The number of esters is 2. The van der Waals surface area contributed by atoms with Crippen molar-refractivity contribution in [3.63, 3.8) is 0 Å². The van der Waals surface area contributed by atoms with Gasteiger partial charge in [0.15, 0.2) is 0 Å². The third kappa shape index (κ3) is 7.36. The highest BCUT2D eigenvalue weighted by Gasteiger charge is 2.34. The lowest BCUT2D eigenvalue weighted by atomic mass is 9.76. The Morgan fingerprint density at radius 1 is 1.00 bits per heavy atom. The van der Waals surface area contributed by atoms with Crippen molar-refractivity contribution < 1.29 is 19.1 Å². The van der Waals surface area contributed by atoms with Gasteiger partial charge in [-0.1, -0.05) is 27.2 Å². The van der Waals surface area contributed by atoms with Crippen molar-refractivity contribution in [2.75, 3.05) is 6.61 Å². The van der Waals surface area contributed by atoms with Gasteiger partial charge in [-0.2, -0.15) is 0 Å². The van der Waals surface area contributed by atoms with Gasteiger partial charge in [-0.3, -0.25) is 9.59 Å². The van der Waals surface area contributed by atoms with Gasteiger partial charge in [-0.15, -0.1) is 0 Å². The Bertz CT molecular complexity index is 412. The van der Waals surface area contributed by atoms with Gasteiger partial charge < -0.3 is 9.47 Å². The molecule has 1 rings (SSSR count). The molecule has 0 amide bonds. The fourth-order valence-electron chi connectivity index (χ4n) is 3.55. The molecular weight excluding hydrogens is 292 g/mol. The van der Waals surface area contributed by atoms with Crippen LogP contribution in [0.15, 0.2) is 0 Å². The molecule has 0 spiro atoms. The lowest BCUT2D eigenvalue weighted by Crippen LogP contribution is -2.35. The van der Waals surface area contributed by atoms with E-state index in [1.165, 1.54) is 6.42 Å². The predicted octanol–water partition coefficient (Wildman–Crippen LogP) is 4.65. The Kier molecular flexibility index (Phi) is 6.67. The number of rotatable bonds is 6. The summed E-state index contributed by atoms with van der Waals surface area (Å²) in [6, 6.07) is 0. The van der Waals surface area contributed by atoms with Crippen molar-refractivity contribution >= 4 is 11.9 Å². The molecule has 4 heteroatoms. The Balaban J connectivity index is 2.35. The molecule has 0 aromatic rings. The molecule has 0 unspecified atom stereocenters. The monoisotopic (exact) mass is 326 g/mol. The molecule has 0 aromatic carbocycles. The van der Waals surface area contributed by atoms with Crippen LogP contribution < -0.4 is 0 Å². The van der Waals surface area contributed by atoms with Gasteiger partial charge >= 0.3 is 11.9 Å². The van der Waals surface area contributed by atoms with Crippen LogP contribution in [0.25, 0.3) is 0 Å². The second-order valence-corrected chi connectivity index (χ2v) is 8.99. The fraction of sp³-hybridized carbons (Fsp3) is 0.895. The summed E-state index contributed by atoms with van der Waals surface area (Å²) >= 11 is 0. The fourth-order valence-corrected chi connectivity index (χ4v) is 3.55. The number of hydrogen-bond acceptors (Lipinski definition) is 4. The molecule has 23 heavy (non-hydrogen) atoms. The lowest BCUT2D eigenvalue weighted by molar-refractivity contribution is -0.165. The van der Waals surface area contributed by atoms with Crippen LogP contribution in [0.5, 0.6) is 0 Å². The molecule has 0 aromatic heterocycles. The first-order chi connectivity index (χ1) is 10.4. The molecule has 1 fully saturated rings. The van der Waals surface area contributed by atoms with Crippen LogP contribution in [-0.2, 0) is 19.1 Å². The first-order valence-corrected chi connectivity index (χ1v) is 8.83. The molecule has 134 valence electrons. The quantitative estimate of drug-likeness (QED) is 0.667. The Morgan fingerprint density at radius 2 is 1.57 bits per heavy atom. The highest BCUT2D eigenvalue weighted by Crippen LogP contribution is 2.34. The summed E-state index contributed by atoms with van der Waals surface area (Å²) in [4.78, 5) is 24.2. The van der Waals surface area contributed by atoms with Crippen molar-refractivity contribution in [1.29, 1.82) is 0 Å². The zero-order chi connectivity index (χ0) is 17.7. The molecule has 0 aliphatic heterocycles. The van der Waals surface area contributed by atoms with E-state index >= 15 is 0 Å². The minimum absolute atomic E-state index is 0.0526. The van der Waals surface area contributed by atoms with Crippen molar-refractivity contribution in [2.24, 2.45) is 10.8 Å². The van der Waals surface area contributed by atoms with E-state index in [0.717, 1.165) is 32.1 Å². The van der Waals surface area contributed by atoms with Gasteiger partial charge in [-0.05, 0) is 58.3 Å². The lowest BCUT2D eigenvalue weighted by Gasteiger charge is -2.33. The summed E-state index contributed by atoms with van der Waals surface area (Å²) in [5.74, 6) is -0.514. The maximum atomic E-state index is 12.2. The second-order valence-electron chi connectivity index (χ2n) is 8.99. The molecule has 1 aliphatic carbocycles.